The van der Waals surface area contributed by atoms with Gasteiger partial charge in [-0.2, -0.15) is 4.31 Å². The summed E-state index contributed by atoms with van der Waals surface area (Å²) in [5.74, 6) is 0.136. The van der Waals surface area contributed by atoms with Crippen molar-refractivity contribution < 1.29 is 18.1 Å². The fraction of sp³-hybridized carbons (Fsp3) is 0.368. The van der Waals surface area contributed by atoms with Crippen molar-refractivity contribution in [3.63, 3.8) is 0 Å². The van der Waals surface area contributed by atoms with Crippen LogP contribution in [0.2, 0.25) is 0 Å². The van der Waals surface area contributed by atoms with Crippen molar-refractivity contribution in [2.45, 2.75) is 6.92 Å². The van der Waals surface area contributed by atoms with Crippen LogP contribution in [0.3, 0.4) is 0 Å². The van der Waals surface area contributed by atoms with Crippen LogP contribution in [0.5, 0.6) is 0 Å². The number of rotatable bonds is 7. The number of benzene rings is 1. The summed E-state index contributed by atoms with van der Waals surface area (Å²) >= 11 is 0. The molecule has 3 rings (SSSR count). The molecule has 2 heterocycles. The summed E-state index contributed by atoms with van der Waals surface area (Å²) in [5, 5.41) is 13.4. The fourth-order valence-electron chi connectivity index (χ4n) is 3.26. The van der Waals surface area contributed by atoms with Crippen molar-refractivity contribution in [2.75, 3.05) is 43.4 Å². The zero-order chi connectivity index (χ0) is 21.7. The topological polar surface area (TPSA) is 126 Å². The average Bonchev–Trinajstić information content (AvgIpc) is 2.74. The minimum Gasteiger partial charge on any atom is -0.354 e. The van der Waals surface area contributed by atoms with Crippen LogP contribution < -0.4 is 10.2 Å². The maximum atomic E-state index is 12.6. The Bertz CT molecular complexity index is 1020. The number of amides is 1. The monoisotopic (exact) mass is 433 g/mol. The van der Waals surface area contributed by atoms with Gasteiger partial charge in [0.25, 0.3) is 11.6 Å². The van der Waals surface area contributed by atoms with E-state index in [1.54, 1.807) is 13.1 Å². The first-order valence-corrected chi connectivity index (χ1v) is 11.1. The molecule has 2 aromatic rings. The van der Waals surface area contributed by atoms with Crippen molar-refractivity contribution in [1.82, 2.24) is 14.6 Å². The molecule has 0 atom stereocenters. The molecule has 0 spiro atoms. The summed E-state index contributed by atoms with van der Waals surface area (Å²) < 4.78 is 26.6. The Morgan fingerprint density at radius 1 is 1.20 bits per heavy atom. The van der Waals surface area contributed by atoms with E-state index in [9.17, 15) is 23.3 Å². The molecule has 11 heteroatoms. The van der Waals surface area contributed by atoms with Gasteiger partial charge in [0, 0.05) is 56.1 Å². The smallest absolute Gasteiger partial charge is 0.272 e. The van der Waals surface area contributed by atoms with E-state index in [4.69, 9.17) is 0 Å². The molecular formula is C19H23N5O5S. The number of piperazine rings is 1. The van der Waals surface area contributed by atoms with Crippen molar-refractivity contribution >= 4 is 27.4 Å². The minimum absolute atomic E-state index is 0.0440. The quantitative estimate of drug-likeness (QED) is 0.513. The van der Waals surface area contributed by atoms with E-state index < -0.39 is 20.9 Å². The van der Waals surface area contributed by atoms with E-state index in [-0.39, 0.29) is 23.5 Å². The Balaban J connectivity index is 1.50. The van der Waals surface area contributed by atoms with E-state index in [0.29, 0.717) is 31.7 Å². The minimum atomic E-state index is -3.51. The highest BCUT2D eigenvalue weighted by Crippen LogP contribution is 2.19. The second kappa shape index (κ2) is 9.18. The van der Waals surface area contributed by atoms with Crippen LogP contribution in [0, 0.1) is 17.0 Å². The van der Waals surface area contributed by atoms with Crippen molar-refractivity contribution in [2.24, 2.45) is 0 Å². The Morgan fingerprint density at radius 3 is 2.53 bits per heavy atom. The van der Waals surface area contributed by atoms with Crippen molar-refractivity contribution in [3.8, 4) is 0 Å². The van der Waals surface area contributed by atoms with Crippen molar-refractivity contribution in [1.29, 1.82) is 0 Å². The van der Waals surface area contributed by atoms with Crippen LogP contribution in [-0.2, 0) is 10.0 Å². The lowest BCUT2D eigenvalue weighted by Crippen LogP contribution is -2.50. The second-order valence-corrected chi connectivity index (χ2v) is 8.99. The Hall–Kier alpha value is -3.05. The van der Waals surface area contributed by atoms with Crippen LogP contribution in [0.15, 0.2) is 42.6 Å². The molecule has 1 fully saturated rings. The number of nitrogens with one attached hydrogen (secondary N) is 1. The molecule has 1 saturated heterocycles. The molecule has 1 amide bonds. The molecule has 1 aliphatic heterocycles. The first kappa shape index (κ1) is 21.7. The van der Waals surface area contributed by atoms with Crippen LogP contribution in [0.4, 0.5) is 11.5 Å². The lowest BCUT2D eigenvalue weighted by atomic mass is 10.1. The summed E-state index contributed by atoms with van der Waals surface area (Å²) in [6.07, 6.45) is 1.70. The van der Waals surface area contributed by atoms with Gasteiger partial charge in [-0.15, -0.1) is 0 Å². The van der Waals surface area contributed by atoms with Crippen molar-refractivity contribution in [3.05, 3.63) is 63.8 Å². The number of anilines is 1. The van der Waals surface area contributed by atoms with Gasteiger partial charge >= 0.3 is 0 Å². The van der Waals surface area contributed by atoms with Gasteiger partial charge in [0.15, 0.2) is 0 Å². The standard InChI is InChI=1S/C19H23N5O5S/c1-15-14-16(5-6-17(15)24(26)27)19(25)21-8-13-30(28,29)23-11-9-22(10-12-23)18-4-2-3-7-20-18/h2-7,14H,8-13H2,1H3,(H,21,25). The fourth-order valence-corrected chi connectivity index (χ4v) is 4.60. The Kier molecular flexibility index (Phi) is 6.63. The zero-order valence-electron chi connectivity index (χ0n) is 16.5. The maximum absolute atomic E-state index is 12.6. The van der Waals surface area contributed by atoms with Crippen LogP contribution in [-0.4, -0.2) is 67.0 Å². The molecular weight excluding hydrogens is 410 g/mol. The second-order valence-electron chi connectivity index (χ2n) is 6.90. The van der Waals surface area contributed by atoms with Gasteiger partial charge in [0.05, 0.1) is 10.7 Å². The van der Waals surface area contributed by atoms with Crippen LogP contribution in [0.25, 0.3) is 0 Å². The van der Waals surface area contributed by atoms with E-state index in [1.807, 2.05) is 23.1 Å². The Morgan fingerprint density at radius 2 is 1.93 bits per heavy atom. The highest BCUT2D eigenvalue weighted by atomic mass is 32.2. The van der Waals surface area contributed by atoms with E-state index >= 15 is 0 Å². The number of nitro benzene ring substituents is 1. The number of nitrogens with zero attached hydrogens (tertiary/aromatic N) is 4. The zero-order valence-corrected chi connectivity index (χ0v) is 17.3. The number of carbonyl (C=O) groups excluding carboxylic acids is 1. The number of hydrogen-bond donors (Lipinski definition) is 1. The van der Waals surface area contributed by atoms with Gasteiger partial charge in [-0.3, -0.25) is 14.9 Å². The van der Waals surface area contributed by atoms with Gasteiger partial charge in [-0.25, -0.2) is 13.4 Å². The first-order valence-electron chi connectivity index (χ1n) is 9.45. The molecule has 1 aliphatic rings. The number of carbonyl (C=O) groups is 1. The molecule has 1 N–H and O–H groups in total. The third-order valence-electron chi connectivity index (χ3n) is 4.91. The Labute approximate surface area is 174 Å². The van der Waals surface area contributed by atoms with Gasteiger partial charge < -0.3 is 10.2 Å². The molecule has 0 saturated carbocycles. The highest BCUT2D eigenvalue weighted by molar-refractivity contribution is 7.89. The highest BCUT2D eigenvalue weighted by Gasteiger charge is 2.27. The molecule has 10 nitrogen and oxygen atoms in total. The normalized spacial score (nSPS) is 15.0. The van der Waals surface area contributed by atoms with Crippen LogP contribution >= 0.6 is 0 Å². The van der Waals surface area contributed by atoms with E-state index in [0.717, 1.165) is 5.82 Å². The van der Waals surface area contributed by atoms with E-state index in [1.165, 1.54) is 22.5 Å². The molecule has 30 heavy (non-hydrogen) atoms. The SMILES string of the molecule is Cc1cc(C(=O)NCCS(=O)(=O)N2CCN(c3ccccn3)CC2)ccc1[N+](=O)[O-]. The van der Waals surface area contributed by atoms with E-state index in [2.05, 4.69) is 10.3 Å². The van der Waals surface area contributed by atoms with Gasteiger partial charge in [0.1, 0.15) is 5.82 Å². The van der Waals surface area contributed by atoms with Gasteiger partial charge in [-0.05, 0) is 31.2 Å². The molecule has 1 aromatic carbocycles. The number of hydrogen-bond acceptors (Lipinski definition) is 7. The summed E-state index contributed by atoms with van der Waals surface area (Å²) in [6.45, 7) is 3.31. The third kappa shape index (κ3) is 5.10. The maximum Gasteiger partial charge on any atom is 0.272 e. The largest absolute Gasteiger partial charge is 0.354 e. The molecule has 0 aliphatic carbocycles. The lowest BCUT2D eigenvalue weighted by molar-refractivity contribution is -0.385. The number of pyridine rings is 1. The predicted octanol–water partition coefficient (Wildman–Crippen LogP) is 1.18. The lowest BCUT2D eigenvalue weighted by Gasteiger charge is -2.34. The molecule has 0 unspecified atom stereocenters. The first-order chi connectivity index (χ1) is 14.3. The average molecular weight is 433 g/mol. The summed E-state index contributed by atoms with van der Waals surface area (Å²) in [5.41, 5.74) is 0.546. The summed E-state index contributed by atoms with van der Waals surface area (Å²) in [7, 11) is -3.51. The molecule has 0 bridgehead atoms. The number of nitro groups is 1. The number of aryl methyl sites for hydroxylation is 1. The molecule has 1 aromatic heterocycles. The summed E-state index contributed by atoms with van der Waals surface area (Å²) in [4.78, 5) is 28.9. The number of sulfonamides is 1. The molecule has 0 radical (unpaired) electrons. The summed E-state index contributed by atoms with van der Waals surface area (Å²) in [6, 6.07) is 9.64. The number of aromatic nitrogens is 1. The van der Waals surface area contributed by atoms with Gasteiger partial charge in [0.2, 0.25) is 10.0 Å². The van der Waals surface area contributed by atoms with Gasteiger partial charge in [-0.1, -0.05) is 6.07 Å². The predicted molar refractivity (Wildman–Crippen MR) is 112 cm³/mol. The third-order valence-corrected chi connectivity index (χ3v) is 6.78. The van der Waals surface area contributed by atoms with Crippen LogP contribution in [0.1, 0.15) is 15.9 Å². The molecule has 160 valence electrons.